The minimum absolute atomic E-state index is 0.122. The van der Waals surface area contributed by atoms with Crippen LogP contribution in [0.4, 0.5) is 0 Å². The summed E-state index contributed by atoms with van der Waals surface area (Å²) in [5.74, 6) is 0.369. The standard InChI is InChI=1S/C14H18ClNO4S/c1-3-4-9-7-11(9)16-14(17)10-5-6-12(20-2)13(8-10)21(15,18)19/h5-6,8-9,11H,3-4,7H2,1-2H3,(H,16,17). The number of methoxy groups -OCH3 is 1. The van der Waals surface area contributed by atoms with Gasteiger partial charge in [0, 0.05) is 22.3 Å². The average molecular weight is 332 g/mol. The highest BCUT2D eigenvalue weighted by Gasteiger charge is 2.37. The molecule has 1 aromatic carbocycles. The Kier molecular flexibility index (Phi) is 4.78. The van der Waals surface area contributed by atoms with Crippen LogP contribution < -0.4 is 10.1 Å². The third-order valence-electron chi connectivity index (χ3n) is 3.59. The van der Waals surface area contributed by atoms with Gasteiger partial charge in [-0.25, -0.2) is 8.42 Å². The smallest absolute Gasteiger partial charge is 0.265 e. The van der Waals surface area contributed by atoms with Crippen molar-refractivity contribution in [3.63, 3.8) is 0 Å². The molecule has 0 heterocycles. The number of amides is 1. The van der Waals surface area contributed by atoms with Crippen molar-refractivity contribution >= 4 is 25.6 Å². The monoisotopic (exact) mass is 331 g/mol. The number of nitrogens with one attached hydrogen (secondary N) is 1. The molecule has 2 unspecified atom stereocenters. The van der Waals surface area contributed by atoms with Crippen LogP contribution in [-0.2, 0) is 9.05 Å². The first-order chi connectivity index (χ1) is 9.86. The Balaban J connectivity index is 2.15. The zero-order chi connectivity index (χ0) is 15.6. The molecule has 0 saturated heterocycles. The third-order valence-corrected chi connectivity index (χ3v) is 4.93. The van der Waals surface area contributed by atoms with Gasteiger partial charge in [0.05, 0.1) is 7.11 Å². The Bertz CT molecular complexity index is 644. The molecule has 2 atom stereocenters. The summed E-state index contributed by atoms with van der Waals surface area (Å²) in [6.45, 7) is 2.11. The van der Waals surface area contributed by atoms with Crippen LogP contribution in [0.25, 0.3) is 0 Å². The predicted octanol–water partition coefficient (Wildman–Crippen LogP) is 2.54. The van der Waals surface area contributed by atoms with Gasteiger partial charge in [0.2, 0.25) is 0 Å². The van der Waals surface area contributed by atoms with E-state index in [1.54, 1.807) is 0 Å². The van der Waals surface area contributed by atoms with Crippen LogP contribution in [0.1, 0.15) is 36.5 Å². The summed E-state index contributed by atoms with van der Waals surface area (Å²) in [4.78, 5) is 11.9. The molecule has 1 aliphatic rings. The Morgan fingerprint density at radius 1 is 1.48 bits per heavy atom. The molecule has 0 aliphatic heterocycles. The summed E-state index contributed by atoms with van der Waals surface area (Å²) in [5.41, 5.74) is 0.261. The van der Waals surface area contributed by atoms with Crippen LogP contribution in [0, 0.1) is 5.92 Å². The van der Waals surface area contributed by atoms with Gasteiger partial charge in [-0.1, -0.05) is 13.3 Å². The van der Waals surface area contributed by atoms with Crippen LogP contribution in [0.3, 0.4) is 0 Å². The van der Waals surface area contributed by atoms with Crippen LogP contribution in [0.15, 0.2) is 23.1 Å². The third kappa shape index (κ3) is 3.89. The summed E-state index contributed by atoms with van der Waals surface area (Å²) in [7, 11) is 2.74. The zero-order valence-corrected chi connectivity index (χ0v) is 13.5. The van der Waals surface area contributed by atoms with Gasteiger partial charge in [0.25, 0.3) is 15.0 Å². The van der Waals surface area contributed by atoms with Crippen LogP contribution in [0.2, 0.25) is 0 Å². The Morgan fingerprint density at radius 2 is 2.19 bits per heavy atom. The lowest BCUT2D eigenvalue weighted by Gasteiger charge is -2.09. The molecule has 7 heteroatoms. The van der Waals surface area contributed by atoms with Crippen molar-refractivity contribution in [3.05, 3.63) is 23.8 Å². The highest BCUT2D eigenvalue weighted by Crippen LogP contribution is 2.35. The number of ether oxygens (including phenoxy) is 1. The number of carbonyl (C=O) groups excluding carboxylic acids is 1. The van der Waals surface area contributed by atoms with E-state index in [2.05, 4.69) is 12.2 Å². The molecule has 0 radical (unpaired) electrons. The first-order valence-electron chi connectivity index (χ1n) is 6.80. The number of rotatable bonds is 6. The molecular weight excluding hydrogens is 314 g/mol. The molecule has 1 fully saturated rings. The SMILES string of the molecule is CCCC1CC1NC(=O)c1ccc(OC)c(S(=O)(=O)Cl)c1. The summed E-state index contributed by atoms with van der Waals surface area (Å²) in [6, 6.07) is 4.39. The molecule has 1 aliphatic carbocycles. The highest BCUT2D eigenvalue weighted by molar-refractivity contribution is 8.13. The Hall–Kier alpha value is -1.27. The van der Waals surface area contributed by atoms with E-state index in [4.69, 9.17) is 15.4 Å². The minimum atomic E-state index is -3.97. The number of hydrogen-bond donors (Lipinski definition) is 1. The average Bonchev–Trinajstić information content (AvgIpc) is 3.15. The molecular formula is C14H18ClNO4S. The molecule has 116 valence electrons. The summed E-state index contributed by atoms with van der Waals surface area (Å²) < 4.78 is 28.0. The van der Waals surface area contributed by atoms with E-state index in [-0.39, 0.29) is 28.2 Å². The quantitative estimate of drug-likeness (QED) is 0.813. The van der Waals surface area contributed by atoms with E-state index >= 15 is 0 Å². The topological polar surface area (TPSA) is 72.5 Å². The van der Waals surface area contributed by atoms with Gasteiger partial charge >= 0.3 is 0 Å². The molecule has 1 amide bonds. The molecule has 0 spiro atoms. The zero-order valence-electron chi connectivity index (χ0n) is 11.9. The Labute approximate surface area is 129 Å². The molecule has 1 saturated carbocycles. The minimum Gasteiger partial charge on any atom is -0.495 e. The predicted molar refractivity (Wildman–Crippen MR) is 80.3 cm³/mol. The van der Waals surface area contributed by atoms with Crippen molar-refractivity contribution in [2.24, 2.45) is 5.92 Å². The van der Waals surface area contributed by atoms with Gasteiger partial charge in [0.15, 0.2) is 0 Å². The lowest BCUT2D eigenvalue weighted by atomic mass is 10.2. The second-order valence-corrected chi connectivity index (χ2v) is 7.70. The van der Waals surface area contributed by atoms with Crippen LogP contribution in [-0.4, -0.2) is 27.5 Å². The van der Waals surface area contributed by atoms with E-state index in [9.17, 15) is 13.2 Å². The fourth-order valence-corrected chi connectivity index (χ4v) is 3.40. The molecule has 1 N–H and O–H groups in total. The first-order valence-corrected chi connectivity index (χ1v) is 9.11. The van der Waals surface area contributed by atoms with Crippen molar-refractivity contribution in [1.82, 2.24) is 5.32 Å². The van der Waals surface area contributed by atoms with E-state index in [1.165, 1.54) is 25.3 Å². The molecule has 1 aromatic rings. The first kappa shape index (κ1) is 16.1. The molecule has 21 heavy (non-hydrogen) atoms. The van der Waals surface area contributed by atoms with Gasteiger partial charge in [-0.05, 0) is 37.0 Å². The highest BCUT2D eigenvalue weighted by atomic mass is 35.7. The summed E-state index contributed by atoms with van der Waals surface area (Å²) >= 11 is 0. The molecule has 0 aromatic heterocycles. The fourth-order valence-electron chi connectivity index (χ4n) is 2.37. The van der Waals surface area contributed by atoms with Gasteiger partial charge in [-0.15, -0.1) is 0 Å². The molecule has 5 nitrogen and oxygen atoms in total. The maximum Gasteiger partial charge on any atom is 0.265 e. The number of hydrogen-bond acceptors (Lipinski definition) is 4. The number of benzene rings is 1. The summed E-state index contributed by atoms with van der Waals surface area (Å²) in [6.07, 6.45) is 3.17. The molecule has 0 bridgehead atoms. The van der Waals surface area contributed by atoms with E-state index in [0.717, 1.165) is 19.3 Å². The van der Waals surface area contributed by atoms with Crippen molar-refractivity contribution in [2.75, 3.05) is 7.11 Å². The summed E-state index contributed by atoms with van der Waals surface area (Å²) in [5, 5.41) is 2.90. The van der Waals surface area contributed by atoms with Crippen molar-refractivity contribution in [2.45, 2.75) is 37.1 Å². The number of carbonyl (C=O) groups is 1. The van der Waals surface area contributed by atoms with Crippen LogP contribution in [0.5, 0.6) is 5.75 Å². The van der Waals surface area contributed by atoms with Gasteiger partial charge in [-0.3, -0.25) is 4.79 Å². The second kappa shape index (κ2) is 6.23. The van der Waals surface area contributed by atoms with Gasteiger partial charge < -0.3 is 10.1 Å². The van der Waals surface area contributed by atoms with Crippen molar-refractivity contribution < 1.29 is 17.9 Å². The van der Waals surface area contributed by atoms with E-state index in [1.807, 2.05) is 0 Å². The maximum atomic E-state index is 12.1. The van der Waals surface area contributed by atoms with Crippen LogP contribution >= 0.6 is 10.7 Å². The van der Waals surface area contributed by atoms with E-state index < -0.39 is 9.05 Å². The van der Waals surface area contributed by atoms with Crippen molar-refractivity contribution in [1.29, 1.82) is 0 Å². The van der Waals surface area contributed by atoms with E-state index in [0.29, 0.717) is 5.92 Å². The van der Waals surface area contributed by atoms with Crippen molar-refractivity contribution in [3.8, 4) is 5.75 Å². The van der Waals surface area contributed by atoms with Gasteiger partial charge in [-0.2, -0.15) is 0 Å². The lowest BCUT2D eigenvalue weighted by molar-refractivity contribution is 0.0948. The second-order valence-electron chi connectivity index (χ2n) is 5.17. The molecule has 2 rings (SSSR count). The lowest BCUT2D eigenvalue weighted by Crippen LogP contribution is -2.27. The fraction of sp³-hybridized carbons (Fsp3) is 0.500. The van der Waals surface area contributed by atoms with Gasteiger partial charge in [0.1, 0.15) is 10.6 Å². The maximum absolute atomic E-state index is 12.1. The Morgan fingerprint density at radius 3 is 2.76 bits per heavy atom. The number of halogens is 1. The normalized spacial score (nSPS) is 20.9. The largest absolute Gasteiger partial charge is 0.495 e.